The third kappa shape index (κ3) is 5.99. The van der Waals surface area contributed by atoms with E-state index >= 15 is 0 Å². The van der Waals surface area contributed by atoms with Crippen molar-refractivity contribution in [3.8, 4) is 0 Å². The average Bonchev–Trinajstić information content (AvgIpc) is 3.40. The fraction of sp³-hybridized carbons (Fsp3) is 0.567. The van der Waals surface area contributed by atoms with Crippen molar-refractivity contribution >= 4 is 44.3 Å². The summed E-state index contributed by atoms with van der Waals surface area (Å²) in [4.78, 5) is 41.8. The highest BCUT2D eigenvalue weighted by Gasteiger charge is 2.53. The molecule has 2 atom stereocenters. The van der Waals surface area contributed by atoms with Crippen molar-refractivity contribution in [1.29, 1.82) is 0 Å². The molecule has 5 rings (SSSR count). The van der Waals surface area contributed by atoms with E-state index in [1.54, 1.807) is 11.2 Å². The average molecular weight is 617 g/mol. The van der Waals surface area contributed by atoms with Crippen molar-refractivity contribution in [2.24, 2.45) is 10.8 Å². The summed E-state index contributed by atoms with van der Waals surface area (Å²) < 4.78 is 33.9. The van der Waals surface area contributed by atoms with E-state index < -0.39 is 27.9 Å². The number of fused-ring (bicyclic) bond motifs is 3. The Labute approximate surface area is 251 Å². The molecule has 1 aromatic carbocycles. The Morgan fingerprint density at radius 2 is 1.79 bits per heavy atom. The van der Waals surface area contributed by atoms with Crippen LogP contribution in [0.1, 0.15) is 85.0 Å². The molecule has 2 N–H and O–H groups in total. The number of rotatable bonds is 7. The van der Waals surface area contributed by atoms with Crippen molar-refractivity contribution < 1.29 is 27.5 Å². The van der Waals surface area contributed by atoms with Gasteiger partial charge in [0.2, 0.25) is 10.0 Å². The Morgan fingerprint density at radius 3 is 2.45 bits per heavy atom. The first kappa shape index (κ1) is 30.7. The minimum atomic E-state index is -3.72. The number of benzene rings is 1. The molecule has 3 aliphatic rings. The molecule has 12 heteroatoms. The van der Waals surface area contributed by atoms with Crippen LogP contribution in [-0.4, -0.2) is 67.8 Å². The maximum Gasteiger partial charge on any atom is 0.414 e. The number of nitrogens with one attached hydrogen (secondary N) is 2. The van der Waals surface area contributed by atoms with Gasteiger partial charge in [-0.3, -0.25) is 19.8 Å². The largest absolute Gasteiger partial charge is 0.450 e. The number of carbonyl (C=O) groups is 3. The van der Waals surface area contributed by atoms with Crippen LogP contribution >= 0.6 is 11.3 Å². The molecule has 42 heavy (non-hydrogen) atoms. The van der Waals surface area contributed by atoms with Crippen LogP contribution in [0.4, 0.5) is 9.80 Å². The molecule has 2 unspecified atom stereocenters. The van der Waals surface area contributed by atoms with Crippen LogP contribution in [0.5, 0.6) is 0 Å². The number of carbonyl (C=O) groups excluding carboxylic acids is 3. The van der Waals surface area contributed by atoms with Gasteiger partial charge in [0.25, 0.3) is 11.8 Å². The number of amides is 3. The van der Waals surface area contributed by atoms with Gasteiger partial charge in [0, 0.05) is 36.1 Å². The number of anilines is 1. The molecule has 3 heterocycles. The second kappa shape index (κ2) is 11.4. The van der Waals surface area contributed by atoms with E-state index in [1.165, 1.54) is 35.6 Å². The molecule has 0 spiro atoms. The van der Waals surface area contributed by atoms with Crippen LogP contribution in [0, 0.1) is 10.8 Å². The third-order valence-electron chi connectivity index (χ3n) is 8.62. The molecule has 1 saturated heterocycles. The quantitative estimate of drug-likeness (QED) is 0.456. The maximum absolute atomic E-state index is 13.7. The molecular formula is C30H40N4O6S2. The molecule has 228 valence electrons. The molecule has 1 saturated carbocycles. The Hall–Kier alpha value is -2.80. The monoisotopic (exact) mass is 616 g/mol. The molecule has 0 radical (unpaired) electrons. The molecule has 2 aromatic rings. The van der Waals surface area contributed by atoms with E-state index in [4.69, 9.17) is 4.74 Å². The van der Waals surface area contributed by atoms with Gasteiger partial charge >= 0.3 is 6.09 Å². The smallest absolute Gasteiger partial charge is 0.414 e. The molecule has 10 nitrogen and oxygen atoms in total. The van der Waals surface area contributed by atoms with Gasteiger partial charge in [-0.05, 0) is 79.8 Å². The lowest BCUT2D eigenvalue weighted by molar-refractivity contribution is 0.0924. The Morgan fingerprint density at radius 1 is 1.07 bits per heavy atom. The van der Waals surface area contributed by atoms with Gasteiger partial charge in [-0.1, -0.05) is 27.7 Å². The summed E-state index contributed by atoms with van der Waals surface area (Å²) in [5.41, 5.74) is 1.40. The standard InChI is InChI=1S/C30H40N4O6S2/c1-6-33-13-12-22-23(16-33)41-27(24(22)26(36)32-28(37)40-7-2)31-25(35)19-8-10-21(11-9-19)42(38,39)34-18-30(5)15-20(34)14-29(3,4)17-30/h8-11,20H,6-7,12-18H2,1-5H3,(H,31,35)(H,32,36,37). The number of hydrogen-bond acceptors (Lipinski definition) is 8. The molecule has 2 aliphatic heterocycles. The first-order chi connectivity index (χ1) is 19.7. The fourth-order valence-corrected chi connectivity index (χ4v) is 10.2. The van der Waals surface area contributed by atoms with E-state index in [9.17, 15) is 22.8 Å². The lowest BCUT2D eigenvalue weighted by atomic mass is 9.65. The van der Waals surface area contributed by atoms with Crippen LogP contribution < -0.4 is 10.6 Å². The number of alkyl carbamates (subject to hydrolysis) is 1. The number of imide groups is 1. The first-order valence-corrected chi connectivity index (χ1v) is 16.8. The predicted molar refractivity (Wildman–Crippen MR) is 161 cm³/mol. The Kier molecular flexibility index (Phi) is 8.29. The van der Waals surface area contributed by atoms with E-state index in [0.29, 0.717) is 24.5 Å². The van der Waals surface area contributed by atoms with E-state index in [-0.39, 0.29) is 39.5 Å². The minimum Gasteiger partial charge on any atom is -0.450 e. The zero-order valence-corrected chi connectivity index (χ0v) is 26.5. The van der Waals surface area contributed by atoms with Crippen molar-refractivity contribution in [2.45, 2.75) is 77.8 Å². The van der Waals surface area contributed by atoms with Crippen molar-refractivity contribution in [2.75, 3.05) is 31.6 Å². The van der Waals surface area contributed by atoms with Gasteiger partial charge in [-0.2, -0.15) is 4.31 Å². The first-order valence-electron chi connectivity index (χ1n) is 14.5. The van der Waals surface area contributed by atoms with E-state index in [2.05, 4.69) is 43.2 Å². The number of sulfonamides is 1. The molecule has 1 aliphatic carbocycles. The van der Waals surface area contributed by atoms with Gasteiger partial charge in [0.1, 0.15) is 5.00 Å². The van der Waals surface area contributed by atoms with E-state index in [1.807, 2.05) is 0 Å². The Bertz CT molecular complexity index is 1500. The highest BCUT2D eigenvalue weighted by molar-refractivity contribution is 7.89. The number of likely N-dealkylation sites (N-methyl/N-ethyl adjacent to an activating group) is 1. The van der Waals surface area contributed by atoms with Gasteiger partial charge < -0.3 is 10.1 Å². The highest BCUT2D eigenvalue weighted by Crippen LogP contribution is 2.53. The highest BCUT2D eigenvalue weighted by atomic mass is 32.2. The summed E-state index contributed by atoms with van der Waals surface area (Å²) in [6.07, 6.45) is 2.45. The van der Waals surface area contributed by atoms with Crippen LogP contribution in [0.3, 0.4) is 0 Å². The van der Waals surface area contributed by atoms with Crippen LogP contribution in [0.15, 0.2) is 29.2 Å². The van der Waals surface area contributed by atoms with Crippen molar-refractivity contribution in [3.05, 3.63) is 45.8 Å². The second-order valence-corrected chi connectivity index (χ2v) is 15.7. The number of nitrogens with zero attached hydrogens (tertiary/aromatic N) is 2. The van der Waals surface area contributed by atoms with Crippen LogP contribution in [-0.2, 0) is 27.7 Å². The Balaban J connectivity index is 1.36. The lowest BCUT2D eigenvalue weighted by Gasteiger charge is -2.39. The van der Waals surface area contributed by atoms with Crippen molar-refractivity contribution in [3.63, 3.8) is 0 Å². The SMILES string of the molecule is CCOC(=O)NC(=O)c1c(NC(=O)c2ccc(S(=O)(=O)N3CC4(C)CC3CC(C)(C)C4)cc2)sc2c1CCN(CC)C2. The molecule has 2 bridgehead atoms. The summed E-state index contributed by atoms with van der Waals surface area (Å²) in [5.74, 6) is -1.10. The zero-order chi connectivity index (χ0) is 30.4. The molecular weight excluding hydrogens is 576 g/mol. The number of thiophene rings is 1. The summed E-state index contributed by atoms with van der Waals surface area (Å²) in [6.45, 7) is 13.2. The summed E-state index contributed by atoms with van der Waals surface area (Å²) >= 11 is 1.32. The summed E-state index contributed by atoms with van der Waals surface area (Å²) in [7, 11) is -3.72. The second-order valence-electron chi connectivity index (χ2n) is 12.7. The van der Waals surface area contributed by atoms with E-state index in [0.717, 1.165) is 42.8 Å². The fourth-order valence-electron chi connectivity index (χ4n) is 7.16. The lowest BCUT2D eigenvalue weighted by Crippen LogP contribution is -2.37. The van der Waals surface area contributed by atoms with Crippen LogP contribution in [0.25, 0.3) is 0 Å². The zero-order valence-electron chi connectivity index (χ0n) is 24.9. The topological polar surface area (TPSA) is 125 Å². The van der Waals surface area contributed by atoms with Gasteiger partial charge in [-0.15, -0.1) is 11.3 Å². The van der Waals surface area contributed by atoms with Crippen LogP contribution in [0.2, 0.25) is 0 Å². The molecule has 3 amide bonds. The molecule has 2 fully saturated rings. The van der Waals surface area contributed by atoms with Crippen molar-refractivity contribution in [1.82, 2.24) is 14.5 Å². The number of ether oxygens (including phenoxy) is 1. The van der Waals surface area contributed by atoms with Gasteiger partial charge in [0.05, 0.1) is 17.1 Å². The number of hydrogen-bond donors (Lipinski definition) is 2. The van der Waals surface area contributed by atoms with Gasteiger partial charge in [-0.25, -0.2) is 13.2 Å². The normalized spacial score (nSPS) is 23.7. The summed E-state index contributed by atoms with van der Waals surface area (Å²) in [6, 6.07) is 5.93. The summed E-state index contributed by atoms with van der Waals surface area (Å²) in [5, 5.41) is 5.45. The molecule has 1 aromatic heterocycles. The maximum atomic E-state index is 13.7. The third-order valence-corrected chi connectivity index (χ3v) is 11.7. The predicted octanol–water partition coefficient (Wildman–Crippen LogP) is 4.85. The minimum absolute atomic E-state index is 0.0283. The van der Waals surface area contributed by atoms with Gasteiger partial charge in [0.15, 0.2) is 0 Å².